The van der Waals surface area contributed by atoms with Crippen molar-refractivity contribution < 1.29 is 13.9 Å². The Morgan fingerprint density at radius 3 is 2.89 bits per heavy atom. The zero-order chi connectivity index (χ0) is 13.8. The van der Waals surface area contributed by atoms with Gasteiger partial charge in [0.15, 0.2) is 12.4 Å². The molecule has 19 heavy (non-hydrogen) atoms. The van der Waals surface area contributed by atoms with Gasteiger partial charge in [0.1, 0.15) is 11.7 Å². The number of nitrogens with zero attached hydrogens (tertiary/aromatic N) is 1. The van der Waals surface area contributed by atoms with Crippen molar-refractivity contribution in [1.82, 2.24) is 5.32 Å². The number of amides is 1. The number of rotatable bonds is 4. The van der Waals surface area contributed by atoms with Crippen molar-refractivity contribution in [2.45, 2.75) is 19.9 Å². The van der Waals surface area contributed by atoms with E-state index in [0.717, 1.165) is 0 Å². The summed E-state index contributed by atoms with van der Waals surface area (Å²) in [5.74, 6) is 0.166. The lowest BCUT2D eigenvalue weighted by Crippen LogP contribution is -2.34. The summed E-state index contributed by atoms with van der Waals surface area (Å²) in [7, 11) is 0. The Balaban J connectivity index is 2.20. The maximum absolute atomic E-state index is 11.5. The second-order valence-electron chi connectivity index (χ2n) is 4.38. The van der Waals surface area contributed by atoms with E-state index in [4.69, 9.17) is 14.4 Å². The fourth-order valence-corrected chi connectivity index (χ4v) is 1.74. The fraction of sp³-hybridized carbons (Fsp3) is 0.286. The van der Waals surface area contributed by atoms with Crippen molar-refractivity contribution in [3.63, 3.8) is 0 Å². The van der Waals surface area contributed by atoms with Crippen molar-refractivity contribution in [3.05, 3.63) is 30.0 Å². The Labute approximate surface area is 110 Å². The second-order valence-corrected chi connectivity index (χ2v) is 4.38. The Morgan fingerprint density at radius 2 is 2.21 bits per heavy atom. The third-order valence-electron chi connectivity index (χ3n) is 2.45. The molecule has 0 aliphatic rings. The van der Waals surface area contributed by atoms with Crippen molar-refractivity contribution in [2.75, 3.05) is 6.61 Å². The number of carbonyl (C=O) groups excluding carboxylic acids is 1. The third-order valence-corrected chi connectivity index (χ3v) is 2.45. The molecule has 1 aromatic carbocycles. The molecule has 1 N–H and O–H groups in total. The number of hydrogen-bond acceptors (Lipinski definition) is 4. The molecule has 5 heteroatoms. The van der Waals surface area contributed by atoms with E-state index in [1.54, 1.807) is 12.1 Å². The summed E-state index contributed by atoms with van der Waals surface area (Å²) in [6, 6.07) is 9.14. The molecule has 1 aromatic heterocycles. The quantitative estimate of drug-likeness (QED) is 0.912. The van der Waals surface area contributed by atoms with Gasteiger partial charge in [0, 0.05) is 6.04 Å². The van der Waals surface area contributed by atoms with Crippen LogP contribution in [-0.4, -0.2) is 18.6 Å². The van der Waals surface area contributed by atoms with Gasteiger partial charge in [0.2, 0.25) is 5.76 Å². The molecule has 0 saturated carbocycles. The van der Waals surface area contributed by atoms with Crippen LogP contribution < -0.4 is 10.1 Å². The van der Waals surface area contributed by atoms with E-state index in [1.807, 2.05) is 32.0 Å². The van der Waals surface area contributed by atoms with E-state index in [1.165, 1.54) is 0 Å². The Morgan fingerprint density at radius 1 is 1.47 bits per heavy atom. The van der Waals surface area contributed by atoms with Gasteiger partial charge < -0.3 is 14.5 Å². The van der Waals surface area contributed by atoms with Gasteiger partial charge in [0.25, 0.3) is 5.91 Å². The molecule has 2 aromatic rings. The first-order valence-electron chi connectivity index (χ1n) is 5.95. The number of fused-ring (bicyclic) bond motifs is 1. The molecule has 0 fully saturated rings. The topological polar surface area (TPSA) is 75.3 Å². The van der Waals surface area contributed by atoms with Crippen LogP contribution in [0.4, 0.5) is 0 Å². The highest BCUT2D eigenvalue weighted by atomic mass is 16.5. The van der Waals surface area contributed by atoms with E-state index in [9.17, 15) is 4.79 Å². The molecule has 0 aliphatic carbocycles. The maximum Gasteiger partial charge on any atom is 0.258 e. The average Bonchev–Trinajstić information content (AvgIpc) is 2.73. The first-order chi connectivity index (χ1) is 9.11. The molecule has 0 atom stereocenters. The number of ether oxygens (including phenoxy) is 1. The van der Waals surface area contributed by atoms with Gasteiger partial charge in [0.05, 0.1) is 5.39 Å². The van der Waals surface area contributed by atoms with Crippen molar-refractivity contribution in [2.24, 2.45) is 0 Å². The molecule has 5 nitrogen and oxygen atoms in total. The van der Waals surface area contributed by atoms with Crippen LogP contribution >= 0.6 is 0 Å². The monoisotopic (exact) mass is 258 g/mol. The van der Waals surface area contributed by atoms with Gasteiger partial charge in [-0.3, -0.25) is 4.79 Å². The molecule has 1 heterocycles. The van der Waals surface area contributed by atoms with Crippen LogP contribution in [0.1, 0.15) is 19.6 Å². The number of nitrogens with one attached hydrogen (secondary N) is 1. The third kappa shape index (κ3) is 2.86. The summed E-state index contributed by atoms with van der Waals surface area (Å²) < 4.78 is 10.8. The Hall–Kier alpha value is -2.48. The van der Waals surface area contributed by atoms with Crippen LogP contribution in [0.3, 0.4) is 0 Å². The number of hydrogen-bond donors (Lipinski definition) is 1. The van der Waals surface area contributed by atoms with Crippen LogP contribution in [0.5, 0.6) is 5.75 Å². The second kappa shape index (κ2) is 5.44. The summed E-state index contributed by atoms with van der Waals surface area (Å²) in [6.45, 7) is 3.59. The van der Waals surface area contributed by atoms with Gasteiger partial charge in [-0.05, 0) is 26.0 Å². The Kier molecular flexibility index (Phi) is 3.71. The zero-order valence-electron chi connectivity index (χ0n) is 10.8. The van der Waals surface area contributed by atoms with E-state index < -0.39 is 0 Å². The number of para-hydroxylation sites is 1. The van der Waals surface area contributed by atoms with E-state index in [-0.39, 0.29) is 24.3 Å². The van der Waals surface area contributed by atoms with Gasteiger partial charge in [-0.25, -0.2) is 0 Å². The number of benzene rings is 1. The summed E-state index contributed by atoms with van der Waals surface area (Å²) in [6.07, 6.45) is 0. The molecule has 0 bridgehead atoms. The SMILES string of the molecule is CC(C)NC(=O)COc1c(C#N)oc2ccccc12. The smallest absolute Gasteiger partial charge is 0.258 e. The van der Waals surface area contributed by atoms with E-state index in [0.29, 0.717) is 16.7 Å². The first kappa shape index (κ1) is 13.0. The molecular weight excluding hydrogens is 244 g/mol. The van der Waals surface area contributed by atoms with Gasteiger partial charge in [-0.15, -0.1) is 0 Å². The predicted molar refractivity (Wildman–Crippen MR) is 69.7 cm³/mol. The average molecular weight is 258 g/mol. The minimum absolute atomic E-state index is 0.0487. The first-order valence-corrected chi connectivity index (χ1v) is 5.95. The van der Waals surface area contributed by atoms with Crippen molar-refractivity contribution in [1.29, 1.82) is 5.26 Å². The van der Waals surface area contributed by atoms with Crippen LogP contribution in [0.25, 0.3) is 11.0 Å². The molecule has 0 radical (unpaired) electrons. The largest absolute Gasteiger partial charge is 0.478 e. The minimum atomic E-state index is -0.232. The maximum atomic E-state index is 11.5. The number of nitriles is 1. The lowest BCUT2D eigenvalue weighted by molar-refractivity contribution is -0.123. The van der Waals surface area contributed by atoms with Crippen LogP contribution in [0, 0.1) is 11.3 Å². The molecule has 0 saturated heterocycles. The molecule has 0 aliphatic heterocycles. The number of furan rings is 1. The highest BCUT2D eigenvalue weighted by Gasteiger charge is 2.16. The fourth-order valence-electron chi connectivity index (χ4n) is 1.74. The molecular formula is C14H14N2O3. The van der Waals surface area contributed by atoms with Crippen LogP contribution in [0.15, 0.2) is 28.7 Å². The summed E-state index contributed by atoms with van der Waals surface area (Å²) in [4.78, 5) is 11.5. The van der Waals surface area contributed by atoms with Crippen molar-refractivity contribution in [3.8, 4) is 11.8 Å². The minimum Gasteiger partial charge on any atom is -0.478 e. The van der Waals surface area contributed by atoms with Crippen LogP contribution in [-0.2, 0) is 4.79 Å². The van der Waals surface area contributed by atoms with E-state index in [2.05, 4.69) is 5.32 Å². The predicted octanol–water partition coefficient (Wildman–Crippen LogP) is 2.21. The highest BCUT2D eigenvalue weighted by Crippen LogP contribution is 2.32. The summed E-state index contributed by atoms with van der Waals surface area (Å²) in [5, 5.41) is 12.4. The molecule has 0 spiro atoms. The van der Waals surface area contributed by atoms with Crippen molar-refractivity contribution >= 4 is 16.9 Å². The molecule has 98 valence electrons. The number of carbonyl (C=O) groups is 1. The zero-order valence-corrected chi connectivity index (χ0v) is 10.8. The van der Waals surface area contributed by atoms with Crippen LogP contribution in [0.2, 0.25) is 0 Å². The van der Waals surface area contributed by atoms with Gasteiger partial charge in [-0.1, -0.05) is 12.1 Å². The van der Waals surface area contributed by atoms with Gasteiger partial charge in [-0.2, -0.15) is 5.26 Å². The molecule has 0 unspecified atom stereocenters. The highest BCUT2D eigenvalue weighted by molar-refractivity contribution is 5.87. The van der Waals surface area contributed by atoms with Gasteiger partial charge >= 0.3 is 0 Å². The lowest BCUT2D eigenvalue weighted by Gasteiger charge is -2.08. The summed E-state index contributed by atoms with van der Waals surface area (Å²) >= 11 is 0. The lowest BCUT2D eigenvalue weighted by atomic mass is 10.2. The standard InChI is InChI=1S/C14H14N2O3/c1-9(2)16-13(17)8-18-14-10-5-3-4-6-11(10)19-12(14)7-15/h3-6,9H,8H2,1-2H3,(H,16,17). The Bertz CT molecular complexity index is 638. The normalized spacial score (nSPS) is 10.4. The van der Waals surface area contributed by atoms with E-state index >= 15 is 0 Å². The molecule has 1 amide bonds. The molecule has 2 rings (SSSR count). The summed E-state index contributed by atoms with van der Waals surface area (Å²) in [5.41, 5.74) is 0.568.